The number of halogens is 1. The Morgan fingerprint density at radius 1 is 1.17 bits per heavy atom. The molecule has 120 valence electrons. The van der Waals surface area contributed by atoms with Crippen molar-refractivity contribution in [3.63, 3.8) is 0 Å². The Balaban J connectivity index is 2.88. The molecule has 0 saturated carbocycles. The Hall–Kier alpha value is -2.40. The first kappa shape index (κ1) is 17.0. The highest BCUT2D eigenvalue weighted by atomic mass is 35.5. The van der Waals surface area contributed by atoms with Crippen LogP contribution in [0.1, 0.15) is 36.7 Å². The molecule has 0 fully saturated rings. The third kappa shape index (κ3) is 3.51. The van der Waals surface area contributed by atoms with E-state index in [4.69, 9.17) is 17.3 Å². The van der Waals surface area contributed by atoms with E-state index in [9.17, 15) is 14.9 Å². The lowest BCUT2D eigenvalue weighted by Gasteiger charge is -2.25. The van der Waals surface area contributed by atoms with Crippen LogP contribution in [-0.4, -0.2) is 10.8 Å². The monoisotopic (exact) mass is 332 g/mol. The van der Waals surface area contributed by atoms with Crippen molar-refractivity contribution < 1.29 is 9.72 Å². The van der Waals surface area contributed by atoms with E-state index in [1.807, 2.05) is 20.8 Å². The molecule has 2 N–H and O–H groups in total. The van der Waals surface area contributed by atoms with Gasteiger partial charge >= 0.3 is 0 Å². The molecule has 0 aliphatic rings. The predicted octanol–water partition coefficient (Wildman–Crippen LogP) is 4.31. The number of hydrogen-bond acceptors (Lipinski definition) is 3. The summed E-state index contributed by atoms with van der Waals surface area (Å²) in [6, 6.07) is 9.64. The van der Waals surface area contributed by atoms with Crippen molar-refractivity contribution in [2.75, 3.05) is 0 Å². The molecule has 0 heterocycles. The Morgan fingerprint density at radius 2 is 1.74 bits per heavy atom. The molecule has 1 amide bonds. The zero-order valence-corrected chi connectivity index (χ0v) is 13.8. The summed E-state index contributed by atoms with van der Waals surface area (Å²) in [6.07, 6.45) is 0. The molecule has 2 aromatic rings. The summed E-state index contributed by atoms with van der Waals surface area (Å²) >= 11 is 5.91. The number of rotatable bonds is 3. The molecular weight excluding hydrogens is 316 g/mol. The first-order chi connectivity index (χ1) is 10.6. The molecule has 0 bridgehead atoms. The van der Waals surface area contributed by atoms with Gasteiger partial charge in [-0.2, -0.15) is 0 Å². The van der Waals surface area contributed by atoms with Gasteiger partial charge in [0.2, 0.25) is 5.91 Å². The van der Waals surface area contributed by atoms with Gasteiger partial charge < -0.3 is 5.73 Å². The highest BCUT2D eigenvalue weighted by Gasteiger charge is 2.28. The van der Waals surface area contributed by atoms with Crippen molar-refractivity contribution in [1.82, 2.24) is 0 Å². The zero-order valence-electron chi connectivity index (χ0n) is 13.1. The van der Waals surface area contributed by atoms with Gasteiger partial charge in [0.25, 0.3) is 5.69 Å². The van der Waals surface area contributed by atoms with Crippen LogP contribution in [-0.2, 0) is 5.41 Å². The van der Waals surface area contributed by atoms with E-state index < -0.39 is 16.2 Å². The number of hydrogen-bond donors (Lipinski definition) is 1. The number of non-ortho nitro benzene ring substituents is 1. The van der Waals surface area contributed by atoms with Gasteiger partial charge in [0.15, 0.2) is 0 Å². The lowest BCUT2D eigenvalue weighted by molar-refractivity contribution is -0.384. The molecule has 0 radical (unpaired) electrons. The number of nitro groups is 1. The standard InChI is InChI=1S/C17H17ClN2O3/c1-17(2,3)15-13(10-4-6-11(18)7-5-10)8-12(20(22)23)9-14(15)16(19)21/h4-9H,1-3H3,(H2,19,21). The topological polar surface area (TPSA) is 86.2 Å². The second kappa shape index (κ2) is 6.01. The maximum Gasteiger partial charge on any atom is 0.270 e. The molecule has 0 aliphatic carbocycles. The lowest BCUT2D eigenvalue weighted by Crippen LogP contribution is -2.22. The van der Waals surface area contributed by atoms with Crippen LogP contribution in [0.15, 0.2) is 36.4 Å². The van der Waals surface area contributed by atoms with E-state index in [0.717, 1.165) is 5.56 Å². The molecule has 2 aromatic carbocycles. The molecule has 0 saturated heterocycles. The average molecular weight is 333 g/mol. The first-order valence-electron chi connectivity index (χ1n) is 7.00. The fourth-order valence-electron chi connectivity index (χ4n) is 2.59. The summed E-state index contributed by atoms with van der Waals surface area (Å²) in [7, 11) is 0. The summed E-state index contributed by atoms with van der Waals surface area (Å²) in [5.41, 5.74) is 7.07. The Labute approximate surface area is 139 Å². The van der Waals surface area contributed by atoms with E-state index in [2.05, 4.69) is 0 Å². The second-order valence-electron chi connectivity index (χ2n) is 6.29. The Bertz CT molecular complexity index is 778. The van der Waals surface area contributed by atoms with Gasteiger partial charge in [0.1, 0.15) is 0 Å². The Morgan fingerprint density at radius 3 is 2.17 bits per heavy atom. The van der Waals surface area contributed by atoms with Crippen molar-refractivity contribution in [1.29, 1.82) is 0 Å². The fraction of sp³-hybridized carbons (Fsp3) is 0.235. The summed E-state index contributed by atoms with van der Waals surface area (Å²) in [5, 5.41) is 11.8. The number of amides is 1. The van der Waals surface area contributed by atoms with Crippen LogP contribution >= 0.6 is 11.6 Å². The smallest absolute Gasteiger partial charge is 0.270 e. The van der Waals surface area contributed by atoms with Crippen LogP contribution < -0.4 is 5.73 Å². The molecule has 23 heavy (non-hydrogen) atoms. The summed E-state index contributed by atoms with van der Waals surface area (Å²) < 4.78 is 0. The zero-order chi connectivity index (χ0) is 17.4. The number of nitro benzene ring substituents is 1. The van der Waals surface area contributed by atoms with Crippen molar-refractivity contribution in [2.24, 2.45) is 5.73 Å². The third-order valence-electron chi connectivity index (χ3n) is 3.50. The van der Waals surface area contributed by atoms with Gasteiger partial charge in [-0.25, -0.2) is 0 Å². The van der Waals surface area contributed by atoms with Gasteiger partial charge in [-0.1, -0.05) is 44.5 Å². The quantitative estimate of drug-likeness (QED) is 0.671. The minimum Gasteiger partial charge on any atom is -0.366 e. The van der Waals surface area contributed by atoms with E-state index in [1.165, 1.54) is 12.1 Å². The molecule has 2 rings (SSSR count). The fourth-order valence-corrected chi connectivity index (χ4v) is 2.72. The first-order valence-corrected chi connectivity index (χ1v) is 7.37. The summed E-state index contributed by atoms with van der Waals surface area (Å²) in [5.74, 6) is -0.686. The maximum atomic E-state index is 11.9. The molecule has 0 spiro atoms. The SMILES string of the molecule is CC(C)(C)c1c(C(N)=O)cc([N+](=O)[O-])cc1-c1ccc(Cl)cc1. The van der Waals surface area contributed by atoms with Gasteiger partial charge in [-0.05, 0) is 34.2 Å². The number of nitrogens with zero attached hydrogens (tertiary/aromatic N) is 1. The van der Waals surface area contributed by atoms with E-state index in [0.29, 0.717) is 16.1 Å². The number of primary amides is 1. The maximum absolute atomic E-state index is 11.9. The normalized spacial score (nSPS) is 11.3. The van der Waals surface area contributed by atoms with Gasteiger partial charge in [0, 0.05) is 17.2 Å². The van der Waals surface area contributed by atoms with Gasteiger partial charge in [-0.15, -0.1) is 0 Å². The minimum absolute atomic E-state index is 0.164. The molecule has 0 aliphatic heterocycles. The molecule has 0 unspecified atom stereocenters. The summed E-state index contributed by atoms with van der Waals surface area (Å²) in [4.78, 5) is 22.5. The van der Waals surface area contributed by atoms with Crippen LogP contribution in [0.25, 0.3) is 11.1 Å². The molecule has 6 heteroatoms. The van der Waals surface area contributed by atoms with E-state index in [1.54, 1.807) is 24.3 Å². The molecular formula is C17H17ClN2O3. The second-order valence-corrected chi connectivity index (χ2v) is 6.73. The lowest BCUT2D eigenvalue weighted by atomic mass is 9.78. The molecule has 0 aromatic heterocycles. The van der Waals surface area contributed by atoms with Crippen LogP contribution in [0.3, 0.4) is 0 Å². The van der Waals surface area contributed by atoms with Crippen LogP contribution in [0, 0.1) is 10.1 Å². The highest BCUT2D eigenvalue weighted by molar-refractivity contribution is 6.30. The van der Waals surface area contributed by atoms with Crippen LogP contribution in [0.4, 0.5) is 5.69 Å². The third-order valence-corrected chi connectivity index (χ3v) is 3.76. The van der Waals surface area contributed by atoms with Crippen molar-refractivity contribution >= 4 is 23.2 Å². The number of nitrogens with two attached hydrogens (primary N) is 1. The van der Waals surface area contributed by atoms with E-state index in [-0.39, 0.29) is 11.3 Å². The largest absolute Gasteiger partial charge is 0.366 e. The summed E-state index contributed by atoms with van der Waals surface area (Å²) in [6.45, 7) is 5.79. The van der Waals surface area contributed by atoms with Crippen LogP contribution in [0.2, 0.25) is 5.02 Å². The molecule has 5 nitrogen and oxygen atoms in total. The van der Waals surface area contributed by atoms with Crippen LogP contribution in [0.5, 0.6) is 0 Å². The molecule has 0 atom stereocenters. The number of carbonyl (C=O) groups is 1. The number of benzene rings is 2. The predicted molar refractivity (Wildman–Crippen MR) is 90.8 cm³/mol. The van der Waals surface area contributed by atoms with E-state index >= 15 is 0 Å². The van der Waals surface area contributed by atoms with Crippen molar-refractivity contribution in [3.8, 4) is 11.1 Å². The Kier molecular flexibility index (Phi) is 4.43. The van der Waals surface area contributed by atoms with Gasteiger partial charge in [0.05, 0.1) is 10.5 Å². The average Bonchev–Trinajstić information content (AvgIpc) is 2.45. The number of carbonyl (C=O) groups excluding carboxylic acids is 1. The highest BCUT2D eigenvalue weighted by Crippen LogP contribution is 2.38. The van der Waals surface area contributed by atoms with Gasteiger partial charge in [-0.3, -0.25) is 14.9 Å². The van der Waals surface area contributed by atoms with Crippen molar-refractivity contribution in [3.05, 3.63) is 62.7 Å². The minimum atomic E-state index is -0.686. The van der Waals surface area contributed by atoms with Crippen molar-refractivity contribution in [2.45, 2.75) is 26.2 Å².